The van der Waals surface area contributed by atoms with Crippen LogP contribution in [0.3, 0.4) is 0 Å². The minimum atomic E-state index is -0.249. The van der Waals surface area contributed by atoms with Gasteiger partial charge in [-0.2, -0.15) is 0 Å². The minimum absolute atomic E-state index is 0.0181. The molecule has 2 fully saturated rings. The van der Waals surface area contributed by atoms with Crippen molar-refractivity contribution in [1.29, 1.82) is 0 Å². The van der Waals surface area contributed by atoms with E-state index in [0.29, 0.717) is 54.1 Å². The molecule has 3 aromatic rings. The molecule has 1 saturated heterocycles. The summed E-state index contributed by atoms with van der Waals surface area (Å²) in [5, 5.41) is 3.56. The lowest BCUT2D eigenvalue weighted by atomic mass is 10.1. The Morgan fingerprint density at radius 2 is 2.03 bits per heavy atom. The van der Waals surface area contributed by atoms with E-state index < -0.39 is 0 Å². The summed E-state index contributed by atoms with van der Waals surface area (Å²) < 4.78 is 2.00. The molecular weight excluding hydrogens is 452 g/mol. The summed E-state index contributed by atoms with van der Waals surface area (Å²) in [5.74, 6) is 6.84. The Balaban J connectivity index is 1.56. The maximum absolute atomic E-state index is 13.6. The van der Waals surface area contributed by atoms with Gasteiger partial charge < -0.3 is 20.5 Å². The molecule has 1 saturated carbocycles. The lowest BCUT2D eigenvalue weighted by Gasteiger charge is -2.19. The van der Waals surface area contributed by atoms with Crippen molar-refractivity contribution in [2.45, 2.75) is 44.7 Å². The predicted molar refractivity (Wildman–Crippen MR) is 139 cm³/mol. The summed E-state index contributed by atoms with van der Waals surface area (Å²) in [7, 11) is 0. The first kappa shape index (κ1) is 23.6. The fourth-order valence-electron chi connectivity index (χ4n) is 4.92. The molecule has 2 aromatic heterocycles. The van der Waals surface area contributed by atoms with Crippen molar-refractivity contribution in [2.24, 2.45) is 5.92 Å². The molecule has 1 aliphatic carbocycles. The van der Waals surface area contributed by atoms with Gasteiger partial charge in [-0.25, -0.2) is 9.97 Å². The highest BCUT2D eigenvalue weighted by Gasteiger charge is 2.36. The topological polar surface area (TPSA) is 106 Å². The van der Waals surface area contributed by atoms with Crippen molar-refractivity contribution in [3.8, 4) is 11.8 Å². The van der Waals surface area contributed by atoms with Crippen LogP contribution in [0.15, 0.2) is 49.3 Å². The first-order valence-electron chi connectivity index (χ1n) is 12.4. The van der Waals surface area contributed by atoms with Crippen LogP contribution in [0, 0.1) is 17.8 Å². The van der Waals surface area contributed by atoms with Gasteiger partial charge in [0.15, 0.2) is 0 Å². The van der Waals surface area contributed by atoms with E-state index in [2.05, 4.69) is 33.7 Å². The van der Waals surface area contributed by atoms with E-state index in [1.165, 1.54) is 12.4 Å². The lowest BCUT2D eigenvalue weighted by molar-refractivity contribution is -0.126. The Kier molecular flexibility index (Phi) is 6.47. The van der Waals surface area contributed by atoms with E-state index >= 15 is 0 Å². The normalized spacial score (nSPS) is 19.1. The molecule has 1 aliphatic heterocycles. The van der Waals surface area contributed by atoms with Crippen LogP contribution < -0.4 is 11.1 Å². The molecule has 2 atom stereocenters. The average molecular weight is 483 g/mol. The van der Waals surface area contributed by atoms with Crippen molar-refractivity contribution in [2.75, 3.05) is 18.8 Å². The molecule has 0 radical (unpaired) electrons. The summed E-state index contributed by atoms with van der Waals surface area (Å²) >= 11 is 0. The third-order valence-electron chi connectivity index (χ3n) is 6.93. The number of hydrogen-bond donors (Lipinski definition) is 2. The number of hydrogen-bond acceptors (Lipinski definition) is 5. The van der Waals surface area contributed by atoms with E-state index in [-0.39, 0.29) is 29.7 Å². The Morgan fingerprint density at radius 1 is 1.25 bits per heavy atom. The van der Waals surface area contributed by atoms with E-state index in [1.54, 1.807) is 4.90 Å². The SMILES string of the molecule is C=CC(=O)N1CC(n2c(C#CC3CC3)c(C(=O)NCCc3ccccc3)c3c(N)ncnc32)CC1C. The molecular formula is C28H30N6O2. The highest BCUT2D eigenvalue weighted by atomic mass is 16.2. The zero-order chi connectivity index (χ0) is 25.2. The standard InChI is InChI=1S/C28H30N6O2/c1-3-23(35)33-16-21(15-18(33)2)34-22(12-11-20-9-10-20)24(25-26(29)31-17-32-27(25)34)28(36)30-14-13-19-7-5-4-6-8-19/h3-8,17-18,20-21H,1,9-10,13-16H2,2H3,(H,30,36)(H2,29,31,32). The maximum atomic E-state index is 13.6. The number of fused-ring (bicyclic) bond motifs is 1. The lowest BCUT2D eigenvalue weighted by Crippen LogP contribution is -2.32. The molecule has 8 nitrogen and oxygen atoms in total. The fraction of sp³-hybridized carbons (Fsp3) is 0.357. The molecule has 1 aromatic carbocycles. The van der Waals surface area contributed by atoms with Gasteiger partial charge in [0.25, 0.3) is 5.91 Å². The predicted octanol–water partition coefficient (Wildman–Crippen LogP) is 3.10. The molecule has 0 spiro atoms. The van der Waals surface area contributed by atoms with Crippen LogP contribution in [0.2, 0.25) is 0 Å². The van der Waals surface area contributed by atoms with Gasteiger partial charge in [0.05, 0.1) is 17.0 Å². The van der Waals surface area contributed by atoms with Gasteiger partial charge in [0.2, 0.25) is 5.91 Å². The monoisotopic (exact) mass is 482 g/mol. The number of carbonyl (C=O) groups is 2. The van der Waals surface area contributed by atoms with Crippen molar-refractivity contribution >= 4 is 28.7 Å². The van der Waals surface area contributed by atoms with Gasteiger partial charge in [-0.1, -0.05) is 42.8 Å². The number of nitrogens with two attached hydrogens (primary N) is 1. The number of benzene rings is 1. The summed E-state index contributed by atoms with van der Waals surface area (Å²) in [6.07, 6.45) is 6.30. The molecule has 3 heterocycles. The van der Waals surface area contributed by atoms with E-state index in [0.717, 1.165) is 18.4 Å². The number of aromatic nitrogens is 3. The third kappa shape index (κ3) is 4.57. The number of carbonyl (C=O) groups excluding carboxylic acids is 2. The summed E-state index contributed by atoms with van der Waals surface area (Å²) in [4.78, 5) is 36.6. The summed E-state index contributed by atoms with van der Waals surface area (Å²) in [6.45, 7) is 6.61. The molecule has 2 amide bonds. The Labute approximate surface area is 210 Å². The van der Waals surface area contributed by atoms with Crippen LogP contribution in [0.4, 0.5) is 5.82 Å². The maximum Gasteiger partial charge on any atom is 0.254 e. The zero-order valence-corrected chi connectivity index (χ0v) is 20.4. The molecule has 2 unspecified atom stereocenters. The van der Waals surface area contributed by atoms with Gasteiger partial charge in [-0.05, 0) is 50.2 Å². The van der Waals surface area contributed by atoms with Crippen LogP contribution >= 0.6 is 0 Å². The second-order valence-electron chi connectivity index (χ2n) is 9.52. The van der Waals surface area contributed by atoms with Crippen molar-refractivity contribution in [1.82, 2.24) is 24.8 Å². The Bertz CT molecular complexity index is 1380. The number of nitrogen functional groups attached to an aromatic ring is 1. The Morgan fingerprint density at radius 3 is 2.75 bits per heavy atom. The van der Waals surface area contributed by atoms with Crippen molar-refractivity contribution in [3.05, 3.63) is 66.1 Å². The number of rotatable bonds is 6. The van der Waals surface area contributed by atoms with Gasteiger partial charge >= 0.3 is 0 Å². The second kappa shape index (κ2) is 9.86. The highest BCUT2D eigenvalue weighted by Crippen LogP contribution is 2.36. The number of amides is 2. The molecule has 2 aliphatic rings. The van der Waals surface area contributed by atoms with Crippen molar-refractivity contribution in [3.63, 3.8) is 0 Å². The number of nitrogens with zero attached hydrogens (tertiary/aromatic N) is 4. The average Bonchev–Trinajstić information content (AvgIpc) is 3.54. The first-order valence-corrected chi connectivity index (χ1v) is 12.4. The van der Waals surface area contributed by atoms with Crippen molar-refractivity contribution < 1.29 is 9.59 Å². The van der Waals surface area contributed by atoms with E-state index in [4.69, 9.17) is 5.73 Å². The van der Waals surface area contributed by atoms with Gasteiger partial charge in [-0.15, -0.1) is 0 Å². The number of nitrogens with one attached hydrogen (secondary N) is 1. The highest BCUT2D eigenvalue weighted by molar-refractivity contribution is 6.11. The molecule has 3 N–H and O–H groups in total. The number of anilines is 1. The van der Waals surface area contributed by atoms with Crippen LogP contribution in [-0.4, -0.2) is 50.4 Å². The molecule has 36 heavy (non-hydrogen) atoms. The van der Waals surface area contributed by atoms with Crippen LogP contribution in [0.5, 0.6) is 0 Å². The molecule has 5 rings (SSSR count). The second-order valence-corrected chi connectivity index (χ2v) is 9.52. The minimum Gasteiger partial charge on any atom is -0.383 e. The smallest absolute Gasteiger partial charge is 0.254 e. The number of likely N-dealkylation sites (tertiary alicyclic amines) is 1. The van der Waals surface area contributed by atoms with Crippen LogP contribution in [0.1, 0.15) is 53.8 Å². The molecule has 0 bridgehead atoms. The third-order valence-corrected chi connectivity index (χ3v) is 6.93. The summed E-state index contributed by atoms with van der Waals surface area (Å²) in [6, 6.07) is 9.93. The fourth-order valence-corrected chi connectivity index (χ4v) is 4.92. The molecule has 184 valence electrons. The van der Waals surface area contributed by atoms with E-state index in [1.807, 2.05) is 41.8 Å². The largest absolute Gasteiger partial charge is 0.383 e. The molecule has 8 heteroatoms. The van der Waals surface area contributed by atoms with Crippen LogP contribution in [0.25, 0.3) is 11.0 Å². The van der Waals surface area contributed by atoms with Gasteiger partial charge in [0.1, 0.15) is 23.5 Å². The van der Waals surface area contributed by atoms with E-state index in [9.17, 15) is 9.59 Å². The van der Waals surface area contributed by atoms with Gasteiger partial charge in [0, 0.05) is 25.0 Å². The quantitative estimate of drug-likeness (QED) is 0.415. The van der Waals surface area contributed by atoms with Crippen LogP contribution in [-0.2, 0) is 11.2 Å². The first-order chi connectivity index (χ1) is 17.5. The Hall–Kier alpha value is -4.12. The zero-order valence-electron chi connectivity index (χ0n) is 20.4. The van der Waals surface area contributed by atoms with Gasteiger partial charge in [-0.3, -0.25) is 9.59 Å². The summed E-state index contributed by atoms with van der Waals surface area (Å²) in [5.41, 5.74) is 9.03.